The fourth-order valence-corrected chi connectivity index (χ4v) is 6.28. The standard InChI is InChI=1S/C48H84NO7P/c1-6-8-10-12-14-16-18-20-22-24-25-26-27-29-31-33-35-37-39-41-48(50)56-47(46-55-57(51,52)54-44-42-49(3,4)5)45-53-43-40-38-36-34-32-30-28-23-21-19-17-15-13-11-9-7-2/h8,10,14,16,20-23,25-26,29,31,40,43,47H,6-7,9,11-13,15,17-19,24,27-28,30,32-39,41-42,44-46H2,1-5H3/p+1/b10-8-,16-14-,22-20-,23-21-,26-25-,31-29-,43-40-/t47-/m1/s1. The first-order chi connectivity index (χ1) is 27.6. The number of hydrogen-bond donors (Lipinski definition) is 1. The third kappa shape index (κ3) is 44.5. The quantitative estimate of drug-likeness (QED) is 0.0164. The van der Waals surface area contributed by atoms with Gasteiger partial charge in [0.15, 0.2) is 6.10 Å². The van der Waals surface area contributed by atoms with E-state index in [-0.39, 0.29) is 32.2 Å². The molecule has 0 saturated carbocycles. The van der Waals surface area contributed by atoms with Gasteiger partial charge in [0.05, 0.1) is 34.0 Å². The van der Waals surface area contributed by atoms with Crippen LogP contribution in [0.3, 0.4) is 0 Å². The van der Waals surface area contributed by atoms with Crippen molar-refractivity contribution in [3.8, 4) is 0 Å². The third-order valence-corrected chi connectivity index (χ3v) is 9.99. The highest BCUT2D eigenvalue weighted by atomic mass is 31.2. The van der Waals surface area contributed by atoms with Gasteiger partial charge in [-0.15, -0.1) is 0 Å². The maximum Gasteiger partial charge on any atom is 0.472 e. The lowest BCUT2D eigenvalue weighted by molar-refractivity contribution is -0.870. The Balaban J connectivity index is 4.39. The predicted octanol–water partition coefficient (Wildman–Crippen LogP) is 13.6. The molecule has 0 amide bonds. The van der Waals surface area contributed by atoms with Crippen LogP contribution in [0.2, 0.25) is 0 Å². The molecule has 9 heteroatoms. The Morgan fingerprint density at radius 3 is 1.56 bits per heavy atom. The highest BCUT2D eigenvalue weighted by molar-refractivity contribution is 7.47. The van der Waals surface area contributed by atoms with Gasteiger partial charge in [0.2, 0.25) is 0 Å². The zero-order valence-corrected chi connectivity index (χ0v) is 37.9. The Morgan fingerprint density at radius 2 is 1.04 bits per heavy atom. The number of esters is 1. The number of rotatable bonds is 40. The Labute approximate surface area is 350 Å². The maximum absolute atomic E-state index is 12.7. The summed E-state index contributed by atoms with van der Waals surface area (Å²) in [4.78, 5) is 22.9. The molecule has 0 aromatic heterocycles. The van der Waals surface area contributed by atoms with E-state index in [2.05, 4.69) is 86.8 Å². The molecule has 328 valence electrons. The van der Waals surface area contributed by atoms with Crippen LogP contribution in [0.1, 0.15) is 162 Å². The highest BCUT2D eigenvalue weighted by Gasteiger charge is 2.26. The summed E-state index contributed by atoms with van der Waals surface area (Å²) in [6.45, 7) is 4.74. The molecule has 0 aliphatic rings. The first-order valence-electron chi connectivity index (χ1n) is 22.4. The fraction of sp³-hybridized carbons (Fsp3) is 0.688. The second-order valence-electron chi connectivity index (χ2n) is 15.8. The maximum atomic E-state index is 12.7. The van der Waals surface area contributed by atoms with E-state index in [1.54, 1.807) is 6.26 Å². The van der Waals surface area contributed by atoms with Crippen LogP contribution in [0.25, 0.3) is 0 Å². The largest absolute Gasteiger partial charge is 0.498 e. The summed E-state index contributed by atoms with van der Waals surface area (Å²) < 4.78 is 34.7. The van der Waals surface area contributed by atoms with Gasteiger partial charge in [0.25, 0.3) is 0 Å². The van der Waals surface area contributed by atoms with Crippen molar-refractivity contribution in [2.75, 3.05) is 47.5 Å². The average molecular weight is 819 g/mol. The zero-order valence-electron chi connectivity index (χ0n) is 37.0. The summed E-state index contributed by atoms with van der Waals surface area (Å²) in [5, 5.41) is 0. The van der Waals surface area contributed by atoms with E-state index in [1.807, 2.05) is 27.2 Å². The Kier molecular flexibility index (Phi) is 38.6. The van der Waals surface area contributed by atoms with Gasteiger partial charge in [-0.1, -0.05) is 138 Å². The Morgan fingerprint density at radius 1 is 0.579 bits per heavy atom. The number of likely N-dealkylation sites (N-methyl/N-ethyl adjacent to an activating group) is 1. The first-order valence-corrected chi connectivity index (χ1v) is 23.9. The number of hydrogen-bond acceptors (Lipinski definition) is 6. The lowest BCUT2D eigenvalue weighted by atomic mass is 10.1. The van der Waals surface area contributed by atoms with Crippen molar-refractivity contribution in [2.45, 2.75) is 168 Å². The lowest BCUT2D eigenvalue weighted by Gasteiger charge is -2.24. The molecule has 0 aliphatic heterocycles. The minimum Gasteiger partial charge on any atom is -0.498 e. The van der Waals surface area contributed by atoms with Crippen LogP contribution >= 0.6 is 7.82 Å². The van der Waals surface area contributed by atoms with Gasteiger partial charge in [-0.05, 0) is 96.0 Å². The van der Waals surface area contributed by atoms with Crippen LogP contribution in [0.4, 0.5) is 0 Å². The lowest BCUT2D eigenvalue weighted by Crippen LogP contribution is -2.37. The number of phosphoric acid groups is 1. The van der Waals surface area contributed by atoms with Gasteiger partial charge in [0, 0.05) is 6.42 Å². The highest BCUT2D eigenvalue weighted by Crippen LogP contribution is 2.43. The second-order valence-corrected chi connectivity index (χ2v) is 17.2. The molecule has 0 aromatic carbocycles. The number of carbonyl (C=O) groups excluding carboxylic acids is 1. The minimum absolute atomic E-state index is 0.0241. The van der Waals surface area contributed by atoms with Crippen molar-refractivity contribution < 1.29 is 37.3 Å². The average Bonchev–Trinajstić information content (AvgIpc) is 3.16. The van der Waals surface area contributed by atoms with Gasteiger partial charge >= 0.3 is 13.8 Å². The van der Waals surface area contributed by atoms with Crippen LogP contribution in [-0.4, -0.2) is 69.0 Å². The SMILES string of the molecule is CC/C=C\C/C=C\C/C=C\C/C=C\C/C=C\CCCCCC(=O)O[C@H](CO/C=C\CCCCCC/C=C\CCCCCCCC)COP(=O)(O)OCC[N+](C)(C)C. The van der Waals surface area contributed by atoms with Crippen LogP contribution in [-0.2, 0) is 27.9 Å². The van der Waals surface area contributed by atoms with Gasteiger partial charge in [-0.25, -0.2) is 4.57 Å². The molecule has 0 aromatic rings. The number of quaternary nitrogens is 1. The number of phosphoric ester groups is 1. The van der Waals surface area contributed by atoms with E-state index in [1.165, 1.54) is 64.2 Å². The Bertz CT molecular complexity index is 1180. The molecular formula is C48H85NO7P+. The van der Waals surface area contributed by atoms with Crippen molar-refractivity contribution in [3.05, 3.63) is 85.3 Å². The summed E-state index contributed by atoms with van der Waals surface area (Å²) in [6.07, 6.45) is 54.3. The number of nitrogens with zero attached hydrogens (tertiary/aromatic N) is 1. The molecular weight excluding hydrogens is 734 g/mol. The van der Waals surface area contributed by atoms with E-state index in [0.717, 1.165) is 70.6 Å². The number of unbranched alkanes of at least 4 members (excludes halogenated alkanes) is 14. The fourth-order valence-electron chi connectivity index (χ4n) is 5.54. The third-order valence-electron chi connectivity index (χ3n) is 9.00. The minimum atomic E-state index is -4.31. The van der Waals surface area contributed by atoms with Crippen LogP contribution < -0.4 is 0 Å². The first kappa shape index (κ1) is 54.5. The van der Waals surface area contributed by atoms with Crippen LogP contribution in [0, 0.1) is 0 Å². The van der Waals surface area contributed by atoms with Gasteiger partial charge in [-0.3, -0.25) is 13.8 Å². The topological polar surface area (TPSA) is 91.3 Å². The van der Waals surface area contributed by atoms with Crippen molar-refractivity contribution in [1.29, 1.82) is 0 Å². The number of ether oxygens (including phenoxy) is 2. The summed E-state index contributed by atoms with van der Waals surface area (Å²) >= 11 is 0. The van der Waals surface area contributed by atoms with Gasteiger partial charge < -0.3 is 18.9 Å². The molecule has 0 heterocycles. The van der Waals surface area contributed by atoms with Crippen molar-refractivity contribution >= 4 is 13.8 Å². The van der Waals surface area contributed by atoms with Gasteiger partial charge in [-0.2, -0.15) is 0 Å². The molecule has 0 spiro atoms. The van der Waals surface area contributed by atoms with Crippen molar-refractivity contribution in [1.82, 2.24) is 0 Å². The molecule has 1 unspecified atom stereocenters. The van der Waals surface area contributed by atoms with Crippen LogP contribution in [0.15, 0.2) is 85.3 Å². The molecule has 0 rings (SSSR count). The summed E-state index contributed by atoms with van der Waals surface area (Å²) in [7, 11) is 1.59. The predicted molar refractivity (Wildman–Crippen MR) is 242 cm³/mol. The van der Waals surface area contributed by atoms with Gasteiger partial charge in [0.1, 0.15) is 19.8 Å². The molecule has 0 saturated heterocycles. The molecule has 0 aliphatic carbocycles. The smallest absolute Gasteiger partial charge is 0.472 e. The monoisotopic (exact) mass is 819 g/mol. The second kappa shape index (κ2) is 40.3. The normalized spacial score (nSPS) is 14.5. The summed E-state index contributed by atoms with van der Waals surface area (Å²) in [6, 6.07) is 0. The number of allylic oxidation sites excluding steroid dienone is 13. The molecule has 1 N–H and O–H groups in total. The molecule has 57 heavy (non-hydrogen) atoms. The number of carbonyl (C=O) groups is 1. The molecule has 2 atom stereocenters. The molecule has 0 fully saturated rings. The van der Waals surface area contributed by atoms with Crippen molar-refractivity contribution in [2.24, 2.45) is 0 Å². The molecule has 8 nitrogen and oxygen atoms in total. The summed E-state index contributed by atoms with van der Waals surface area (Å²) in [5.74, 6) is -0.373. The van der Waals surface area contributed by atoms with E-state index >= 15 is 0 Å². The summed E-state index contributed by atoms with van der Waals surface area (Å²) in [5.41, 5.74) is 0. The van der Waals surface area contributed by atoms with E-state index in [9.17, 15) is 14.3 Å². The molecule has 0 bridgehead atoms. The Hall–Kier alpha value is -2.48. The van der Waals surface area contributed by atoms with Crippen LogP contribution in [0.5, 0.6) is 0 Å². The zero-order chi connectivity index (χ0) is 42.0. The van der Waals surface area contributed by atoms with E-state index in [0.29, 0.717) is 17.4 Å². The molecule has 0 radical (unpaired) electrons. The van der Waals surface area contributed by atoms with E-state index in [4.69, 9.17) is 18.5 Å². The van der Waals surface area contributed by atoms with E-state index < -0.39 is 13.9 Å². The van der Waals surface area contributed by atoms with Crippen molar-refractivity contribution in [3.63, 3.8) is 0 Å².